The molecule has 1 aliphatic rings. The van der Waals surface area contributed by atoms with E-state index in [0.29, 0.717) is 13.2 Å². The van der Waals surface area contributed by atoms with Gasteiger partial charge in [-0.25, -0.2) is 0 Å². The highest BCUT2D eigenvalue weighted by Crippen LogP contribution is 2.44. The number of thiophene rings is 4. The molecular weight excluding hydrogens is 507 g/mol. The molecule has 0 spiro atoms. The normalized spacial score (nSPS) is 15.7. The minimum atomic E-state index is -0.283. The molecule has 0 atom stereocenters. The number of benzene rings is 1. The molecule has 7 heteroatoms. The minimum Gasteiger partial charge on any atom is -0.407 e. The van der Waals surface area contributed by atoms with Crippen molar-refractivity contribution in [3.8, 4) is 19.5 Å². The van der Waals surface area contributed by atoms with Crippen molar-refractivity contribution in [2.45, 2.75) is 19.8 Å². The van der Waals surface area contributed by atoms with Crippen LogP contribution in [-0.4, -0.2) is 20.3 Å². The number of hydrogen-bond donors (Lipinski definition) is 0. The van der Waals surface area contributed by atoms with Crippen molar-refractivity contribution in [1.82, 2.24) is 0 Å². The summed E-state index contributed by atoms with van der Waals surface area (Å²) in [6.07, 6.45) is 0. The van der Waals surface area contributed by atoms with E-state index in [1.54, 1.807) is 22.7 Å². The topological polar surface area (TPSA) is 18.5 Å². The molecular formula is C28H25BO2S4. The fourth-order valence-electron chi connectivity index (χ4n) is 4.32. The van der Waals surface area contributed by atoms with E-state index in [2.05, 4.69) is 97.4 Å². The van der Waals surface area contributed by atoms with Crippen molar-refractivity contribution in [1.29, 1.82) is 0 Å². The molecule has 0 saturated carbocycles. The summed E-state index contributed by atoms with van der Waals surface area (Å²) in [4.78, 5) is 8.06. The lowest BCUT2D eigenvalue weighted by atomic mass is 9.75. The lowest BCUT2D eigenvalue weighted by Crippen LogP contribution is -2.47. The van der Waals surface area contributed by atoms with Gasteiger partial charge < -0.3 is 9.31 Å². The van der Waals surface area contributed by atoms with Gasteiger partial charge in [-0.1, -0.05) is 50.2 Å². The fourth-order valence-corrected chi connectivity index (χ4v) is 8.37. The summed E-state index contributed by atoms with van der Waals surface area (Å²) in [5.41, 5.74) is 2.45. The van der Waals surface area contributed by atoms with Crippen LogP contribution < -0.4 is 5.46 Å². The van der Waals surface area contributed by atoms with Gasteiger partial charge in [0.15, 0.2) is 0 Å². The molecule has 6 rings (SSSR count). The third-order valence-corrected chi connectivity index (χ3v) is 10.6. The van der Waals surface area contributed by atoms with Gasteiger partial charge in [0.25, 0.3) is 0 Å². The Bertz CT molecular complexity index is 1300. The van der Waals surface area contributed by atoms with E-state index < -0.39 is 0 Å². The van der Waals surface area contributed by atoms with Gasteiger partial charge in [0.05, 0.1) is 5.92 Å². The zero-order valence-electron chi connectivity index (χ0n) is 19.6. The molecule has 5 aromatic rings. The molecule has 0 aliphatic carbocycles. The second kappa shape index (κ2) is 9.81. The average Bonchev–Trinajstić information content (AvgIpc) is 3.68. The van der Waals surface area contributed by atoms with Gasteiger partial charge in [-0.05, 0) is 58.2 Å². The lowest BCUT2D eigenvalue weighted by Gasteiger charge is -2.33. The Morgan fingerprint density at radius 2 is 1.23 bits per heavy atom. The van der Waals surface area contributed by atoms with Crippen LogP contribution in [0, 0.1) is 5.41 Å². The van der Waals surface area contributed by atoms with Crippen molar-refractivity contribution in [3.63, 3.8) is 0 Å². The van der Waals surface area contributed by atoms with Crippen LogP contribution in [0.4, 0.5) is 0 Å². The van der Waals surface area contributed by atoms with Crippen molar-refractivity contribution in [3.05, 3.63) is 98.9 Å². The Morgan fingerprint density at radius 1 is 0.686 bits per heavy atom. The van der Waals surface area contributed by atoms with E-state index in [0.717, 1.165) is 5.46 Å². The van der Waals surface area contributed by atoms with E-state index in [9.17, 15) is 0 Å². The molecule has 0 radical (unpaired) electrons. The van der Waals surface area contributed by atoms with Crippen molar-refractivity contribution >= 4 is 57.9 Å². The first-order valence-electron chi connectivity index (χ1n) is 11.7. The maximum atomic E-state index is 6.02. The summed E-state index contributed by atoms with van der Waals surface area (Å²) in [5, 5.41) is 4.29. The molecule has 1 fully saturated rings. The van der Waals surface area contributed by atoms with Crippen LogP contribution in [0.5, 0.6) is 0 Å². The first kappa shape index (κ1) is 23.4. The molecule has 5 heterocycles. The molecule has 1 aromatic carbocycles. The van der Waals surface area contributed by atoms with Gasteiger partial charge in [-0.3, -0.25) is 0 Å². The Hall–Kier alpha value is -2.00. The third kappa shape index (κ3) is 4.99. The van der Waals surface area contributed by atoms with Crippen LogP contribution in [-0.2, 0) is 9.31 Å². The van der Waals surface area contributed by atoms with Crippen LogP contribution >= 0.6 is 45.3 Å². The van der Waals surface area contributed by atoms with Crippen LogP contribution in [0.25, 0.3) is 19.5 Å². The average molecular weight is 533 g/mol. The first-order valence-corrected chi connectivity index (χ1v) is 15.1. The predicted octanol–water partition coefficient (Wildman–Crippen LogP) is 8.22. The summed E-state index contributed by atoms with van der Waals surface area (Å²) in [7, 11) is -0.283. The largest absolute Gasteiger partial charge is 0.493 e. The van der Waals surface area contributed by atoms with Gasteiger partial charge in [-0.15, -0.1) is 45.3 Å². The highest BCUT2D eigenvalue weighted by molar-refractivity contribution is 7.22. The SMILES string of the molecule is CC1(C)COB(c2ccc(C(c3ccc(-c4cccs4)s3)c3ccc(-c4cccs4)s3)cc2)OC1. The summed E-state index contributed by atoms with van der Waals surface area (Å²) >= 11 is 7.39. The molecule has 35 heavy (non-hydrogen) atoms. The smallest absolute Gasteiger partial charge is 0.407 e. The molecule has 1 saturated heterocycles. The van der Waals surface area contributed by atoms with E-state index in [1.165, 1.54) is 34.8 Å². The van der Waals surface area contributed by atoms with Gasteiger partial charge in [0.1, 0.15) is 0 Å². The maximum absolute atomic E-state index is 6.02. The zero-order chi connectivity index (χ0) is 23.8. The summed E-state index contributed by atoms with van der Waals surface area (Å²) in [6.45, 7) is 5.77. The summed E-state index contributed by atoms with van der Waals surface area (Å²) in [6, 6.07) is 26.7. The quantitative estimate of drug-likeness (QED) is 0.205. The summed E-state index contributed by atoms with van der Waals surface area (Å²) < 4.78 is 12.0. The van der Waals surface area contributed by atoms with E-state index in [-0.39, 0.29) is 18.5 Å². The van der Waals surface area contributed by atoms with Gasteiger partial charge >= 0.3 is 7.12 Å². The third-order valence-electron chi connectivity index (χ3n) is 6.14. The second-order valence-electron chi connectivity index (χ2n) is 9.58. The van der Waals surface area contributed by atoms with Crippen molar-refractivity contribution < 1.29 is 9.31 Å². The second-order valence-corrected chi connectivity index (χ2v) is 13.7. The Morgan fingerprint density at radius 3 is 1.71 bits per heavy atom. The monoisotopic (exact) mass is 532 g/mol. The van der Waals surface area contributed by atoms with Crippen molar-refractivity contribution in [2.75, 3.05) is 13.2 Å². The zero-order valence-corrected chi connectivity index (χ0v) is 22.9. The highest BCUT2D eigenvalue weighted by atomic mass is 32.1. The van der Waals surface area contributed by atoms with Crippen LogP contribution in [0.3, 0.4) is 0 Å². The molecule has 0 N–H and O–H groups in total. The van der Waals surface area contributed by atoms with E-state index in [4.69, 9.17) is 9.31 Å². The van der Waals surface area contributed by atoms with Gasteiger partial charge in [0.2, 0.25) is 0 Å². The van der Waals surface area contributed by atoms with Crippen LogP contribution in [0.15, 0.2) is 83.6 Å². The molecule has 0 bridgehead atoms. The molecule has 2 nitrogen and oxygen atoms in total. The predicted molar refractivity (Wildman–Crippen MR) is 154 cm³/mol. The molecule has 4 aromatic heterocycles. The van der Waals surface area contributed by atoms with E-state index >= 15 is 0 Å². The Labute approximate surface area is 223 Å². The molecule has 0 amide bonds. The standard InChI is InChI=1S/C28H25BO2S4/c1-28(2)17-30-29(31-18-28)20-9-7-19(8-10-20)27(25-13-11-23(34-25)21-5-3-15-32-21)26-14-12-24(35-26)22-6-4-16-33-22/h3-16,27H,17-18H2,1-2H3. The highest BCUT2D eigenvalue weighted by Gasteiger charge is 2.33. The van der Waals surface area contributed by atoms with Crippen LogP contribution in [0.1, 0.15) is 35.1 Å². The molecule has 0 unspecified atom stereocenters. The minimum absolute atomic E-state index is 0.0699. The van der Waals surface area contributed by atoms with Gasteiger partial charge in [-0.2, -0.15) is 0 Å². The Balaban J connectivity index is 1.34. The number of hydrogen-bond acceptors (Lipinski definition) is 6. The van der Waals surface area contributed by atoms with E-state index in [1.807, 2.05) is 22.7 Å². The Kier molecular flexibility index (Phi) is 6.56. The molecule has 1 aliphatic heterocycles. The lowest BCUT2D eigenvalue weighted by molar-refractivity contribution is 0.0343. The maximum Gasteiger partial charge on any atom is 0.493 e. The fraction of sp³-hybridized carbons (Fsp3) is 0.214. The van der Waals surface area contributed by atoms with Gasteiger partial charge in [0, 0.05) is 47.9 Å². The van der Waals surface area contributed by atoms with Crippen molar-refractivity contribution in [2.24, 2.45) is 5.41 Å². The number of rotatable bonds is 6. The molecule has 176 valence electrons. The van der Waals surface area contributed by atoms with Crippen LogP contribution in [0.2, 0.25) is 0 Å². The summed E-state index contributed by atoms with van der Waals surface area (Å²) in [5.74, 6) is 0.202. The first-order chi connectivity index (χ1) is 17.1.